The number of likely N-dealkylation sites (tertiary alicyclic amines) is 1. The summed E-state index contributed by atoms with van der Waals surface area (Å²) in [5.41, 5.74) is 0.725. The molecule has 162 valence electrons. The van der Waals surface area contributed by atoms with Crippen LogP contribution in [-0.4, -0.2) is 51.8 Å². The SMILES string of the molecule is O=C(COc1ccc(CO)cc1)N1CCC([S+]([O-])c2cccc(OC(F)(F)F)c2)C1. The molecular weight excluding hydrogens is 423 g/mol. The van der Waals surface area contributed by atoms with E-state index < -0.39 is 23.3 Å². The van der Waals surface area contributed by atoms with Crippen molar-refractivity contribution < 1.29 is 37.1 Å². The Morgan fingerprint density at radius 2 is 1.93 bits per heavy atom. The first-order valence-electron chi connectivity index (χ1n) is 9.12. The van der Waals surface area contributed by atoms with Crippen LogP contribution in [0, 0.1) is 0 Å². The monoisotopic (exact) mass is 443 g/mol. The fourth-order valence-electron chi connectivity index (χ4n) is 3.05. The minimum Gasteiger partial charge on any atom is -0.611 e. The van der Waals surface area contributed by atoms with Gasteiger partial charge in [0.15, 0.2) is 11.5 Å². The summed E-state index contributed by atoms with van der Waals surface area (Å²) in [6, 6.07) is 11.7. The zero-order chi connectivity index (χ0) is 21.7. The van der Waals surface area contributed by atoms with Crippen LogP contribution in [0.2, 0.25) is 0 Å². The molecule has 10 heteroatoms. The molecule has 2 unspecified atom stereocenters. The number of hydrogen-bond donors (Lipinski definition) is 1. The van der Waals surface area contributed by atoms with Crippen molar-refractivity contribution in [2.75, 3.05) is 19.7 Å². The first kappa shape index (κ1) is 22.3. The minimum absolute atomic E-state index is 0.0866. The summed E-state index contributed by atoms with van der Waals surface area (Å²) in [5.74, 6) is -0.212. The van der Waals surface area contributed by atoms with Gasteiger partial charge < -0.3 is 24.0 Å². The standard InChI is InChI=1S/C20H20F3NO5S/c21-20(22,23)29-16-2-1-3-17(10-16)30(27)18-8-9-24(11-18)19(26)13-28-15-6-4-14(12-25)5-7-15/h1-7,10,18,25H,8-9,11-13H2. The quantitative estimate of drug-likeness (QED) is 0.666. The van der Waals surface area contributed by atoms with Gasteiger partial charge in [-0.1, -0.05) is 18.2 Å². The number of carbonyl (C=O) groups is 1. The van der Waals surface area contributed by atoms with E-state index in [4.69, 9.17) is 9.84 Å². The molecule has 1 heterocycles. The van der Waals surface area contributed by atoms with E-state index >= 15 is 0 Å². The third-order valence-electron chi connectivity index (χ3n) is 4.54. The van der Waals surface area contributed by atoms with Crippen LogP contribution in [-0.2, 0) is 22.6 Å². The molecule has 3 rings (SSSR count). The van der Waals surface area contributed by atoms with Crippen molar-refractivity contribution in [2.24, 2.45) is 0 Å². The summed E-state index contributed by atoms with van der Waals surface area (Å²) in [6.07, 6.45) is -4.36. The van der Waals surface area contributed by atoms with E-state index in [1.165, 1.54) is 17.0 Å². The highest BCUT2D eigenvalue weighted by atomic mass is 32.2. The molecule has 0 spiro atoms. The fraction of sp³-hybridized carbons (Fsp3) is 0.350. The van der Waals surface area contributed by atoms with Crippen LogP contribution < -0.4 is 9.47 Å². The lowest BCUT2D eigenvalue weighted by Gasteiger charge is -2.19. The van der Waals surface area contributed by atoms with Crippen LogP contribution in [0.15, 0.2) is 53.4 Å². The van der Waals surface area contributed by atoms with Crippen LogP contribution in [0.1, 0.15) is 12.0 Å². The van der Waals surface area contributed by atoms with Gasteiger partial charge in [-0.3, -0.25) is 4.79 Å². The normalized spacial score (nSPS) is 17.6. The number of amides is 1. The third kappa shape index (κ3) is 6.04. The number of nitrogens with zero attached hydrogens (tertiary/aromatic N) is 1. The Morgan fingerprint density at radius 1 is 1.20 bits per heavy atom. The highest BCUT2D eigenvalue weighted by Crippen LogP contribution is 2.29. The summed E-state index contributed by atoms with van der Waals surface area (Å²) in [5, 5.41) is 8.63. The van der Waals surface area contributed by atoms with E-state index in [1.54, 1.807) is 24.3 Å². The Morgan fingerprint density at radius 3 is 2.60 bits per heavy atom. The second-order valence-electron chi connectivity index (χ2n) is 6.66. The van der Waals surface area contributed by atoms with Gasteiger partial charge in [-0.25, -0.2) is 0 Å². The number of halogens is 3. The minimum atomic E-state index is -4.82. The average Bonchev–Trinajstić information content (AvgIpc) is 3.21. The molecule has 0 bridgehead atoms. The van der Waals surface area contributed by atoms with Gasteiger partial charge in [0, 0.05) is 19.0 Å². The molecule has 2 aromatic rings. The Labute approximate surface area is 174 Å². The number of hydrogen-bond acceptors (Lipinski definition) is 5. The maximum atomic E-state index is 12.8. The van der Waals surface area contributed by atoms with Gasteiger partial charge in [-0.2, -0.15) is 0 Å². The lowest BCUT2D eigenvalue weighted by atomic mass is 10.2. The molecule has 0 saturated carbocycles. The van der Waals surface area contributed by atoms with E-state index in [2.05, 4.69) is 4.74 Å². The molecule has 30 heavy (non-hydrogen) atoms. The molecule has 1 fully saturated rings. The molecule has 1 amide bonds. The molecule has 1 saturated heterocycles. The average molecular weight is 443 g/mol. The first-order valence-corrected chi connectivity index (χ1v) is 10.3. The molecule has 1 aliphatic rings. The van der Waals surface area contributed by atoms with Gasteiger partial charge in [0.1, 0.15) is 16.7 Å². The molecule has 6 nitrogen and oxygen atoms in total. The number of benzene rings is 2. The van der Waals surface area contributed by atoms with Crippen molar-refractivity contribution in [1.29, 1.82) is 0 Å². The Kier molecular flexibility index (Phi) is 7.11. The summed E-state index contributed by atoms with van der Waals surface area (Å²) < 4.78 is 59.2. The lowest BCUT2D eigenvalue weighted by molar-refractivity contribution is -0.274. The largest absolute Gasteiger partial charge is 0.611 e. The number of aliphatic hydroxyl groups excluding tert-OH is 1. The summed E-state index contributed by atoms with van der Waals surface area (Å²) in [7, 11) is 0. The van der Waals surface area contributed by atoms with Crippen LogP contribution in [0.4, 0.5) is 13.2 Å². The molecule has 0 aliphatic carbocycles. The lowest BCUT2D eigenvalue weighted by Crippen LogP contribution is -2.35. The molecule has 2 atom stereocenters. The molecule has 1 aliphatic heterocycles. The van der Waals surface area contributed by atoms with E-state index in [0.717, 1.165) is 17.7 Å². The number of ether oxygens (including phenoxy) is 2. The van der Waals surface area contributed by atoms with Crippen molar-refractivity contribution >= 4 is 17.1 Å². The van der Waals surface area contributed by atoms with Gasteiger partial charge in [-0.15, -0.1) is 13.2 Å². The van der Waals surface area contributed by atoms with Crippen LogP contribution in [0.5, 0.6) is 11.5 Å². The predicted molar refractivity (Wildman–Crippen MR) is 102 cm³/mol. The van der Waals surface area contributed by atoms with Crippen molar-refractivity contribution in [3.8, 4) is 11.5 Å². The highest BCUT2D eigenvalue weighted by Gasteiger charge is 2.36. The van der Waals surface area contributed by atoms with Crippen molar-refractivity contribution in [3.05, 3.63) is 54.1 Å². The van der Waals surface area contributed by atoms with Crippen LogP contribution in [0.25, 0.3) is 0 Å². The van der Waals surface area contributed by atoms with Crippen molar-refractivity contribution in [2.45, 2.75) is 29.5 Å². The van der Waals surface area contributed by atoms with Crippen molar-refractivity contribution in [1.82, 2.24) is 4.90 Å². The molecular formula is C20H20F3NO5S. The number of aliphatic hydroxyl groups is 1. The maximum Gasteiger partial charge on any atom is 0.573 e. The molecule has 2 aromatic carbocycles. The summed E-state index contributed by atoms with van der Waals surface area (Å²) in [4.78, 5) is 14.1. The zero-order valence-corrected chi connectivity index (χ0v) is 16.6. The van der Waals surface area contributed by atoms with E-state index in [0.29, 0.717) is 18.7 Å². The summed E-state index contributed by atoms with van der Waals surface area (Å²) >= 11 is -1.58. The highest BCUT2D eigenvalue weighted by molar-refractivity contribution is 7.92. The van der Waals surface area contributed by atoms with Crippen LogP contribution in [0.3, 0.4) is 0 Å². The molecule has 0 aromatic heterocycles. The second-order valence-corrected chi connectivity index (χ2v) is 8.39. The predicted octanol–water partition coefficient (Wildman–Crippen LogP) is 2.87. The van der Waals surface area contributed by atoms with Crippen LogP contribution >= 0.6 is 0 Å². The summed E-state index contributed by atoms with van der Waals surface area (Å²) in [6.45, 7) is 0.340. The Hall–Kier alpha value is -2.43. The first-order chi connectivity index (χ1) is 14.2. The zero-order valence-electron chi connectivity index (χ0n) is 15.8. The Bertz CT molecular complexity index is 862. The fourth-order valence-corrected chi connectivity index (χ4v) is 4.51. The van der Waals surface area contributed by atoms with E-state index in [9.17, 15) is 22.5 Å². The third-order valence-corrected chi connectivity index (χ3v) is 6.25. The van der Waals surface area contributed by atoms with Gasteiger partial charge >= 0.3 is 6.36 Å². The van der Waals surface area contributed by atoms with Gasteiger partial charge in [0.05, 0.1) is 13.2 Å². The number of carbonyl (C=O) groups excluding carboxylic acids is 1. The second kappa shape index (κ2) is 9.59. The number of alkyl halides is 3. The topological polar surface area (TPSA) is 82.1 Å². The van der Waals surface area contributed by atoms with E-state index in [-0.39, 0.29) is 35.8 Å². The van der Waals surface area contributed by atoms with Crippen molar-refractivity contribution in [3.63, 3.8) is 0 Å². The van der Waals surface area contributed by atoms with Gasteiger partial charge in [0.25, 0.3) is 5.91 Å². The van der Waals surface area contributed by atoms with E-state index in [1.807, 2.05) is 0 Å². The number of rotatable bonds is 7. The molecule has 0 radical (unpaired) electrons. The Balaban J connectivity index is 1.53. The van der Waals surface area contributed by atoms with Gasteiger partial charge in [-0.05, 0) is 41.0 Å². The van der Waals surface area contributed by atoms with Gasteiger partial charge in [0.2, 0.25) is 0 Å². The smallest absolute Gasteiger partial charge is 0.573 e. The molecule has 1 N–H and O–H groups in total. The maximum absolute atomic E-state index is 12.8.